The van der Waals surface area contributed by atoms with Crippen molar-refractivity contribution in [3.63, 3.8) is 0 Å². The van der Waals surface area contributed by atoms with Gasteiger partial charge in [0, 0.05) is 12.3 Å². The molecular weight excluding hydrogens is 596 g/mol. The van der Waals surface area contributed by atoms with Crippen molar-refractivity contribution in [3.8, 4) is 12.8 Å². The number of hydrogen-bond donors (Lipinski definition) is 2. The van der Waals surface area contributed by atoms with Gasteiger partial charge >= 0.3 is 17.9 Å². The molecule has 0 aromatic carbocycles. The van der Waals surface area contributed by atoms with Crippen molar-refractivity contribution in [2.45, 2.75) is 157 Å². The molecule has 3 unspecified atom stereocenters. The Morgan fingerprint density at radius 3 is 2.15 bits per heavy atom. The molecule has 6 fully saturated rings. The summed E-state index contributed by atoms with van der Waals surface area (Å²) < 4.78 is 18.7. The van der Waals surface area contributed by atoms with Gasteiger partial charge in [0.15, 0.2) is 6.10 Å². The first-order chi connectivity index (χ1) is 21.8. The summed E-state index contributed by atoms with van der Waals surface area (Å²) in [6.07, 6.45) is 15.0. The van der Waals surface area contributed by atoms with Gasteiger partial charge in [-0.3, -0.25) is 14.4 Å². The molecule has 8 heteroatoms. The van der Waals surface area contributed by atoms with E-state index in [0.29, 0.717) is 29.6 Å². The fourth-order valence-corrected chi connectivity index (χ4v) is 13.7. The van der Waals surface area contributed by atoms with E-state index in [1.807, 2.05) is 0 Å². The number of ether oxygens (including phenoxy) is 3. The van der Waals surface area contributed by atoms with E-state index in [2.05, 4.69) is 54.4 Å². The van der Waals surface area contributed by atoms with Gasteiger partial charge in [-0.05, 0) is 116 Å². The number of carboxylic acids is 1. The predicted molar refractivity (Wildman–Crippen MR) is 178 cm³/mol. The van der Waals surface area contributed by atoms with Crippen LogP contribution in [-0.2, 0) is 28.6 Å². The molecule has 8 nitrogen and oxygen atoms in total. The molecule has 0 aromatic heterocycles. The molecule has 5 aliphatic carbocycles. The predicted octanol–water partition coefficient (Wildman–Crippen LogP) is 6.80. The molecular formula is C39H60O8. The van der Waals surface area contributed by atoms with Crippen LogP contribution in [0.4, 0.5) is 0 Å². The van der Waals surface area contributed by atoms with Crippen molar-refractivity contribution in [1.82, 2.24) is 0 Å². The van der Waals surface area contributed by atoms with E-state index in [1.54, 1.807) is 13.8 Å². The zero-order chi connectivity index (χ0) is 35.1. The van der Waals surface area contributed by atoms with Crippen LogP contribution in [0.15, 0.2) is 0 Å². The molecule has 2 N–H and O–H groups in total. The number of carbonyl (C=O) groups excluding carboxylic acids is 2. The SMILES string of the molecule is C#C.CC(=O)O[C@@H]([C@H]1C[C@@H](C)C2[C@@H](C[C@@]3(C)[C@@H]4CCC5C(C)(C)[C@@H](OC(=O)CCC(=O)O)CCC56[C@@H](C)[C@@]46CC[C@]23C)O1)C(C)(C)O. The summed E-state index contributed by atoms with van der Waals surface area (Å²) in [6, 6.07) is 0. The maximum atomic E-state index is 12.6. The fourth-order valence-electron chi connectivity index (χ4n) is 13.7. The average molecular weight is 657 g/mol. The normalized spacial score (nSPS) is 46.4. The summed E-state index contributed by atoms with van der Waals surface area (Å²) in [5.74, 6) is 0.748. The highest BCUT2D eigenvalue weighted by Gasteiger charge is 2.86. The first-order valence-corrected chi connectivity index (χ1v) is 18.1. The molecule has 13 atom stereocenters. The lowest BCUT2D eigenvalue weighted by atomic mass is 9.41. The lowest BCUT2D eigenvalue weighted by molar-refractivity contribution is -0.209. The minimum atomic E-state index is -1.20. The van der Waals surface area contributed by atoms with Crippen LogP contribution in [0.2, 0.25) is 0 Å². The third-order valence-electron chi connectivity index (χ3n) is 15.5. The summed E-state index contributed by atoms with van der Waals surface area (Å²) in [7, 11) is 0. The van der Waals surface area contributed by atoms with Crippen LogP contribution in [0, 0.1) is 69.5 Å². The first kappa shape index (κ1) is 36.2. The Hall–Kier alpha value is -2.11. The Balaban J connectivity index is 0.00000213. The Bertz CT molecular complexity index is 1280. The molecule has 6 aliphatic rings. The summed E-state index contributed by atoms with van der Waals surface area (Å²) in [4.78, 5) is 35.7. The second kappa shape index (κ2) is 11.8. The Labute approximate surface area is 282 Å². The van der Waals surface area contributed by atoms with Gasteiger partial charge in [-0.25, -0.2) is 0 Å². The van der Waals surface area contributed by atoms with Crippen molar-refractivity contribution in [2.24, 2.45) is 56.7 Å². The van der Waals surface area contributed by atoms with Gasteiger partial charge in [0.05, 0.1) is 30.7 Å². The summed E-state index contributed by atoms with van der Waals surface area (Å²) in [6.45, 7) is 19.4. The second-order valence-corrected chi connectivity index (χ2v) is 17.9. The molecule has 1 heterocycles. The van der Waals surface area contributed by atoms with Gasteiger partial charge < -0.3 is 24.4 Å². The highest BCUT2D eigenvalue weighted by Crippen LogP contribution is 2.91. The minimum absolute atomic E-state index is 0.0712. The monoisotopic (exact) mass is 656 g/mol. The van der Waals surface area contributed by atoms with Gasteiger partial charge in [-0.1, -0.05) is 41.5 Å². The molecule has 5 saturated carbocycles. The van der Waals surface area contributed by atoms with Crippen molar-refractivity contribution in [2.75, 3.05) is 0 Å². The summed E-state index contributed by atoms with van der Waals surface area (Å²) >= 11 is 0. The zero-order valence-corrected chi connectivity index (χ0v) is 30.3. The summed E-state index contributed by atoms with van der Waals surface area (Å²) in [5.41, 5.74) is -0.578. The molecule has 0 amide bonds. The lowest BCUT2D eigenvalue weighted by Crippen LogP contribution is -2.58. The number of fused-ring (bicyclic) bond motifs is 4. The quantitative estimate of drug-likeness (QED) is 0.227. The van der Waals surface area contributed by atoms with Crippen LogP contribution in [-0.4, -0.2) is 58.1 Å². The Kier molecular flexibility index (Phi) is 9.05. The minimum Gasteiger partial charge on any atom is -0.481 e. The smallest absolute Gasteiger partial charge is 0.306 e. The van der Waals surface area contributed by atoms with Gasteiger partial charge in [-0.15, -0.1) is 12.8 Å². The van der Waals surface area contributed by atoms with E-state index in [4.69, 9.17) is 19.3 Å². The molecule has 0 radical (unpaired) electrons. The first-order valence-electron chi connectivity index (χ1n) is 18.1. The third-order valence-corrected chi connectivity index (χ3v) is 15.5. The van der Waals surface area contributed by atoms with Gasteiger partial charge in [0.25, 0.3) is 0 Å². The van der Waals surface area contributed by atoms with E-state index >= 15 is 0 Å². The van der Waals surface area contributed by atoms with Crippen molar-refractivity contribution >= 4 is 17.9 Å². The van der Waals surface area contributed by atoms with E-state index < -0.39 is 17.7 Å². The molecule has 2 spiro atoms. The standard InChI is InChI=1S/C37H58O8.C2H2/c1-20-18-23(31(33(6,7)42)43-22(3)38)44-24-19-35(9)26-11-10-25-32(4,5)27(45-29(41)13-12-28(39)40)14-15-36(25)21(2)37(26,36)17-16-34(35,8)30(20)24;1-2/h20-21,23-27,30-31,42H,10-19H2,1-9H3,(H,39,40);1-2H/t20-,21-,23-,24-,25?,26+,27+,30?,31+,34-,35+,36?,37+;/m1./s1. The molecule has 1 saturated heterocycles. The van der Waals surface area contributed by atoms with Crippen molar-refractivity contribution < 1.29 is 38.8 Å². The number of carboxylic acid groups (broad SMARTS) is 1. The van der Waals surface area contributed by atoms with Crippen molar-refractivity contribution in [3.05, 3.63) is 0 Å². The average Bonchev–Trinajstić information content (AvgIpc) is 3.39. The van der Waals surface area contributed by atoms with Gasteiger partial charge in [0.1, 0.15) is 6.10 Å². The largest absolute Gasteiger partial charge is 0.481 e. The highest BCUT2D eigenvalue weighted by molar-refractivity contribution is 5.76. The Morgan fingerprint density at radius 2 is 1.55 bits per heavy atom. The number of carbonyl (C=O) groups is 3. The van der Waals surface area contributed by atoms with E-state index in [9.17, 15) is 19.5 Å². The number of terminal acetylenes is 1. The molecule has 1 aliphatic heterocycles. The van der Waals surface area contributed by atoms with Crippen LogP contribution in [0.5, 0.6) is 0 Å². The lowest BCUT2D eigenvalue weighted by Gasteiger charge is -2.63. The molecule has 0 aromatic rings. The van der Waals surface area contributed by atoms with Crippen molar-refractivity contribution in [1.29, 1.82) is 0 Å². The van der Waals surface area contributed by atoms with E-state index in [1.165, 1.54) is 26.2 Å². The molecule has 6 rings (SSSR count). The maximum Gasteiger partial charge on any atom is 0.306 e. The van der Waals surface area contributed by atoms with Crippen LogP contribution < -0.4 is 0 Å². The second-order valence-electron chi connectivity index (χ2n) is 17.9. The van der Waals surface area contributed by atoms with E-state index in [-0.39, 0.29) is 70.2 Å². The highest BCUT2D eigenvalue weighted by atomic mass is 16.6. The number of esters is 2. The van der Waals surface area contributed by atoms with Crippen LogP contribution >= 0.6 is 0 Å². The summed E-state index contributed by atoms with van der Waals surface area (Å²) in [5, 5.41) is 20.0. The van der Waals surface area contributed by atoms with Gasteiger partial charge in [0.2, 0.25) is 0 Å². The van der Waals surface area contributed by atoms with Crippen LogP contribution in [0.3, 0.4) is 0 Å². The molecule has 47 heavy (non-hydrogen) atoms. The number of aliphatic carboxylic acids is 1. The number of aliphatic hydroxyl groups is 1. The zero-order valence-electron chi connectivity index (χ0n) is 30.3. The van der Waals surface area contributed by atoms with Crippen LogP contribution in [0.1, 0.15) is 127 Å². The maximum absolute atomic E-state index is 12.6. The van der Waals surface area contributed by atoms with Gasteiger partial charge in [-0.2, -0.15) is 0 Å². The fraction of sp³-hybridized carbons (Fsp3) is 0.872. The third kappa shape index (κ3) is 5.02. The Morgan fingerprint density at radius 1 is 0.936 bits per heavy atom. The van der Waals surface area contributed by atoms with E-state index in [0.717, 1.165) is 32.1 Å². The number of rotatable bonds is 7. The molecule has 0 bridgehead atoms. The van der Waals surface area contributed by atoms with Crippen LogP contribution in [0.25, 0.3) is 0 Å². The topological polar surface area (TPSA) is 119 Å². The molecule has 264 valence electrons. The number of hydrogen-bond acceptors (Lipinski definition) is 7.